The van der Waals surface area contributed by atoms with Crippen molar-refractivity contribution in [2.75, 3.05) is 7.11 Å². The standard InChI is InChI=1S/C9H11BrO2/c1-3-6-4-7(10)5-8(12-2)9(6)11/h4-5,11H,3H2,1-2H3. The molecule has 1 N–H and O–H groups in total. The van der Waals surface area contributed by atoms with Crippen LogP contribution in [0.4, 0.5) is 0 Å². The summed E-state index contributed by atoms with van der Waals surface area (Å²) < 4.78 is 5.91. The summed E-state index contributed by atoms with van der Waals surface area (Å²) in [5.41, 5.74) is 0.890. The molecule has 0 spiro atoms. The van der Waals surface area contributed by atoms with E-state index in [1.54, 1.807) is 13.2 Å². The van der Waals surface area contributed by atoms with Gasteiger partial charge in [0.2, 0.25) is 0 Å². The van der Waals surface area contributed by atoms with E-state index >= 15 is 0 Å². The van der Waals surface area contributed by atoms with E-state index in [1.807, 2.05) is 13.0 Å². The summed E-state index contributed by atoms with van der Waals surface area (Å²) in [6.07, 6.45) is 0.793. The van der Waals surface area contributed by atoms with Crippen LogP contribution in [0.25, 0.3) is 0 Å². The zero-order chi connectivity index (χ0) is 9.14. The number of halogens is 1. The van der Waals surface area contributed by atoms with Crippen LogP contribution in [0.2, 0.25) is 0 Å². The van der Waals surface area contributed by atoms with Gasteiger partial charge < -0.3 is 9.84 Å². The molecule has 0 atom stereocenters. The number of benzene rings is 1. The zero-order valence-electron chi connectivity index (χ0n) is 7.10. The van der Waals surface area contributed by atoms with E-state index in [2.05, 4.69) is 15.9 Å². The first-order chi connectivity index (χ1) is 5.69. The Hall–Kier alpha value is -0.700. The smallest absolute Gasteiger partial charge is 0.161 e. The maximum absolute atomic E-state index is 9.57. The van der Waals surface area contributed by atoms with Crippen LogP contribution in [-0.2, 0) is 6.42 Å². The second kappa shape index (κ2) is 3.81. The van der Waals surface area contributed by atoms with Gasteiger partial charge in [-0.2, -0.15) is 0 Å². The highest BCUT2D eigenvalue weighted by Crippen LogP contribution is 2.33. The third-order valence-electron chi connectivity index (χ3n) is 1.72. The van der Waals surface area contributed by atoms with Gasteiger partial charge in [0.1, 0.15) is 0 Å². The number of phenolic OH excluding ortho intramolecular Hbond substituents is 1. The fraction of sp³-hybridized carbons (Fsp3) is 0.333. The van der Waals surface area contributed by atoms with Crippen LogP contribution in [0, 0.1) is 0 Å². The number of rotatable bonds is 2. The SMILES string of the molecule is CCc1cc(Br)cc(OC)c1O. The molecule has 1 aromatic carbocycles. The molecule has 0 unspecified atom stereocenters. The normalized spacial score (nSPS) is 9.92. The van der Waals surface area contributed by atoms with Crippen LogP contribution in [0.1, 0.15) is 12.5 Å². The second-order valence-electron chi connectivity index (χ2n) is 2.47. The van der Waals surface area contributed by atoms with Gasteiger partial charge in [-0.3, -0.25) is 0 Å². The van der Waals surface area contributed by atoms with Crippen LogP contribution >= 0.6 is 15.9 Å². The molecule has 2 nitrogen and oxygen atoms in total. The van der Waals surface area contributed by atoms with Crippen molar-refractivity contribution < 1.29 is 9.84 Å². The van der Waals surface area contributed by atoms with Gasteiger partial charge in [0.15, 0.2) is 11.5 Å². The molecule has 0 bridgehead atoms. The first-order valence-electron chi connectivity index (χ1n) is 3.74. The summed E-state index contributed by atoms with van der Waals surface area (Å²) in [5.74, 6) is 0.754. The lowest BCUT2D eigenvalue weighted by Gasteiger charge is -2.07. The summed E-state index contributed by atoms with van der Waals surface area (Å²) in [4.78, 5) is 0. The van der Waals surface area contributed by atoms with Crippen molar-refractivity contribution in [2.45, 2.75) is 13.3 Å². The molecule has 1 aromatic rings. The highest BCUT2D eigenvalue weighted by atomic mass is 79.9. The molecule has 12 heavy (non-hydrogen) atoms. The molecule has 0 fully saturated rings. The number of phenols is 1. The van der Waals surface area contributed by atoms with E-state index in [1.165, 1.54) is 0 Å². The van der Waals surface area contributed by atoms with Crippen molar-refractivity contribution in [1.82, 2.24) is 0 Å². The maximum Gasteiger partial charge on any atom is 0.161 e. The highest BCUT2D eigenvalue weighted by molar-refractivity contribution is 9.10. The van der Waals surface area contributed by atoms with E-state index in [4.69, 9.17) is 4.74 Å². The summed E-state index contributed by atoms with van der Waals surface area (Å²) in [6.45, 7) is 1.99. The molecule has 0 saturated carbocycles. The lowest BCUT2D eigenvalue weighted by atomic mass is 10.1. The van der Waals surface area contributed by atoms with Crippen molar-refractivity contribution >= 4 is 15.9 Å². The Balaban J connectivity index is 3.22. The molecule has 0 aliphatic carbocycles. The largest absolute Gasteiger partial charge is 0.504 e. The molecule has 0 aromatic heterocycles. The minimum atomic E-state index is 0.239. The van der Waals surface area contributed by atoms with Gasteiger partial charge in [-0.1, -0.05) is 22.9 Å². The Labute approximate surface area is 80.3 Å². The van der Waals surface area contributed by atoms with Crippen molar-refractivity contribution in [3.05, 3.63) is 22.2 Å². The van der Waals surface area contributed by atoms with Gasteiger partial charge in [-0.15, -0.1) is 0 Å². The lowest BCUT2D eigenvalue weighted by molar-refractivity contribution is 0.370. The molecule has 0 aliphatic heterocycles. The summed E-state index contributed by atoms with van der Waals surface area (Å²) >= 11 is 3.34. The van der Waals surface area contributed by atoms with Crippen molar-refractivity contribution in [2.24, 2.45) is 0 Å². The number of aryl methyl sites for hydroxylation is 1. The van der Waals surface area contributed by atoms with Crippen LogP contribution < -0.4 is 4.74 Å². The average Bonchev–Trinajstić information content (AvgIpc) is 2.08. The van der Waals surface area contributed by atoms with Crippen LogP contribution in [0.3, 0.4) is 0 Å². The Morgan fingerprint density at radius 1 is 1.50 bits per heavy atom. The first-order valence-corrected chi connectivity index (χ1v) is 4.53. The van der Waals surface area contributed by atoms with Crippen LogP contribution in [0.15, 0.2) is 16.6 Å². The molecule has 66 valence electrons. The Kier molecular flexibility index (Phi) is 2.98. The maximum atomic E-state index is 9.57. The number of hydrogen-bond donors (Lipinski definition) is 1. The molecule has 0 heterocycles. The Morgan fingerprint density at radius 3 is 2.67 bits per heavy atom. The van der Waals surface area contributed by atoms with Gasteiger partial charge >= 0.3 is 0 Å². The van der Waals surface area contributed by atoms with Gasteiger partial charge in [-0.25, -0.2) is 0 Å². The van der Waals surface area contributed by atoms with E-state index in [0.717, 1.165) is 16.5 Å². The fourth-order valence-corrected chi connectivity index (χ4v) is 1.54. The van der Waals surface area contributed by atoms with Crippen molar-refractivity contribution in [3.8, 4) is 11.5 Å². The molecule has 3 heteroatoms. The minimum absolute atomic E-state index is 0.239. The quantitative estimate of drug-likeness (QED) is 0.847. The minimum Gasteiger partial charge on any atom is -0.504 e. The fourth-order valence-electron chi connectivity index (χ4n) is 1.05. The molecule has 0 radical (unpaired) electrons. The third kappa shape index (κ3) is 1.72. The molecule has 0 aliphatic rings. The van der Waals surface area contributed by atoms with E-state index in [9.17, 15) is 5.11 Å². The van der Waals surface area contributed by atoms with Crippen LogP contribution in [-0.4, -0.2) is 12.2 Å². The number of aromatic hydroxyl groups is 1. The predicted octanol–water partition coefficient (Wildman–Crippen LogP) is 2.73. The van der Waals surface area contributed by atoms with Crippen LogP contribution in [0.5, 0.6) is 11.5 Å². The summed E-state index contributed by atoms with van der Waals surface area (Å²) in [7, 11) is 1.54. The topological polar surface area (TPSA) is 29.5 Å². The van der Waals surface area contributed by atoms with Gasteiger partial charge in [0.25, 0.3) is 0 Å². The zero-order valence-corrected chi connectivity index (χ0v) is 8.68. The first kappa shape index (κ1) is 9.39. The molecule has 0 amide bonds. The predicted molar refractivity (Wildman–Crippen MR) is 51.7 cm³/mol. The Morgan fingerprint density at radius 2 is 2.17 bits per heavy atom. The number of hydrogen-bond acceptors (Lipinski definition) is 2. The van der Waals surface area contributed by atoms with E-state index in [0.29, 0.717) is 5.75 Å². The van der Waals surface area contributed by atoms with Crippen molar-refractivity contribution in [3.63, 3.8) is 0 Å². The van der Waals surface area contributed by atoms with E-state index in [-0.39, 0.29) is 5.75 Å². The summed E-state index contributed by atoms with van der Waals surface area (Å²) in [6, 6.07) is 3.63. The van der Waals surface area contributed by atoms with Crippen molar-refractivity contribution in [1.29, 1.82) is 0 Å². The lowest BCUT2D eigenvalue weighted by Crippen LogP contribution is -1.88. The monoisotopic (exact) mass is 230 g/mol. The number of ether oxygens (including phenoxy) is 1. The average molecular weight is 231 g/mol. The van der Waals surface area contributed by atoms with Gasteiger partial charge in [0.05, 0.1) is 7.11 Å². The molecular weight excluding hydrogens is 220 g/mol. The molecule has 1 rings (SSSR count). The molecular formula is C9H11BrO2. The third-order valence-corrected chi connectivity index (χ3v) is 2.18. The molecule has 0 saturated heterocycles. The Bertz CT molecular complexity index is 259. The van der Waals surface area contributed by atoms with E-state index < -0.39 is 0 Å². The second-order valence-corrected chi connectivity index (χ2v) is 3.39. The highest BCUT2D eigenvalue weighted by Gasteiger charge is 2.07. The number of methoxy groups -OCH3 is 1. The summed E-state index contributed by atoms with van der Waals surface area (Å²) in [5, 5.41) is 9.57. The van der Waals surface area contributed by atoms with Gasteiger partial charge in [0, 0.05) is 4.47 Å². The van der Waals surface area contributed by atoms with Gasteiger partial charge in [-0.05, 0) is 24.1 Å².